The molecule has 8 heteroatoms. The van der Waals surface area contributed by atoms with Crippen LogP contribution in [0.1, 0.15) is 29.3 Å². The monoisotopic (exact) mass is 371 g/mol. The second-order valence-corrected chi connectivity index (χ2v) is 5.81. The van der Waals surface area contributed by atoms with Gasteiger partial charge >= 0.3 is 7.12 Å². The first kappa shape index (κ1) is 20.5. The summed E-state index contributed by atoms with van der Waals surface area (Å²) in [6.07, 6.45) is 1.40. The van der Waals surface area contributed by atoms with Crippen molar-refractivity contribution in [2.45, 2.75) is 19.9 Å². The molecule has 0 aromatic heterocycles. The van der Waals surface area contributed by atoms with Gasteiger partial charge in [0.25, 0.3) is 5.91 Å². The van der Waals surface area contributed by atoms with E-state index in [1.54, 1.807) is 0 Å². The van der Waals surface area contributed by atoms with Gasteiger partial charge in [0.15, 0.2) is 12.9 Å². The SMILES string of the molecule is CCCOc1ccc(CNC(=O)COc2cccc(B(O)O)c2C=O)cc1. The van der Waals surface area contributed by atoms with Gasteiger partial charge in [-0.05, 0) is 35.6 Å². The van der Waals surface area contributed by atoms with Crippen molar-refractivity contribution >= 4 is 24.8 Å². The van der Waals surface area contributed by atoms with Gasteiger partial charge in [-0.3, -0.25) is 9.59 Å². The Morgan fingerprint density at radius 2 is 1.89 bits per heavy atom. The summed E-state index contributed by atoms with van der Waals surface area (Å²) in [6, 6.07) is 11.8. The van der Waals surface area contributed by atoms with E-state index in [0.29, 0.717) is 19.4 Å². The smallest absolute Gasteiger partial charge is 0.489 e. The van der Waals surface area contributed by atoms with Gasteiger partial charge in [0.1, 0.15) is 11.5 Å². The lowest BCUT2D eigenvalue weighted by Gasteiger charge is -2.12. The molecule has 0 unspecified atom stereocenters. The number of benzene rings is 2. The standard InChI is InChI=1S/C19H22BNO6/c1-2-10-26-15-8-6-14(7-9-15)11-21-19(23)13-27-18-5-3-4-17(20(24)25)16(18)12-22/h3-9,12,24-25H,2,10-11,13H2,1H3,(H,21,23). The number of nitrogens with one attached hydrogen (secondary N) is 1. The summed E-state index contributed by atoms with van der Waals surface area (Å²) in [4.78, 5) is 23.2. The number of ether oxygens (including phenoxy) is 2. The van der Waals surface area contributed by atoms with Crippen molar-refractivity contribution in [2.75, 3.05) is 13.2 Å². The van der Waals surface area contributed by atoms with E-state index >= 15 is 0 Å². The molecule has 142 valence electrons. The van der Waals surface area contributed by atoms with Gasteiger partial charge in [0.05, 0.1) is 12.2 Å². The second kappa shape index (κ2) is 10.3. The molecular weight excluding hydrogens is 349 g/mol. The molecule has 0 radical (unpaired) electrons. The third kappa shape index (κ3) is 6.12. The Morgan fingerprint density at radius 3 is 2.52 bits per heavy atom. The Kier molecular flexibility index (Phi) is 7.85. The average Bonchev–Trinajstić information content (AvgIpc) is 2.69. The van der Waals surface area contributed by atoms with Crippen molar-refractivity contribution in [3.05, 3.63) is 53.6 Å². The van der Waals surface area contributed by atoms with Gasteiger partial charge in [-0.25, -0.2) is 0 Å². The Labute approximate surface area is 158 Å². The highest BCUT2D eigenvalue weighted by Crippen LogP contribution is 2.15. The fraction of sp³-hybridized carbons (Fsp3) is 0.263. The van der Waals surface area contributed by atoms with E-state index in [2.05, 4.69) is 5.32 Å². The summed E-state index contributed by atoms with van der Waals surface area (Å²) in [5.74, 6) is 0.527. The normalized spacial score (nSPS) is 10.2. The molecule has 7 nitrogen and oxygen atoms in total. The van der Waals surface area contributed by atoms with Crippen LogP contribution in [0.25, 0.3) is 0 Å². The molecule has 0 spiro atoms. The van der Waals surface area contributed by atoms with Crippen LogP contribution in [-0.4, -0.2) is 42.6 Å². The van der Waals surface area contributed by atoms with Crippen LogP contribution < -0.4 is 20.3 Å². The number of amides is 1. The van der Waals surface area contributed by atoms with Crippen molar-refractivity contribution in [1.29, 1.82) is 0 Å². The lowest BCUT2D eigenvalue weighted by molar-refractivity contribution is -0.123. The van der Waals surface area contributed by atoms with Crippen LogP contribution in [0.15, 0.2) is 42.5 Å². The largest absolute Gasteiger partial charge is 0.494 e. The topological polar surface area (TPSA) is 105 Å². The third-order valence-electron chi connectivity index (χ3n) is 3.74. The van der Waals surface area contributed by atoms with E-state index in [4.69, 9.17) is 9.47 Å². The highest BCUT2D eigenvalue weighted by Gasteiger charge is 2.19. The Hall–Kier alpha value is -2.84. The predicted octanol–water partition coefficient (Wildman–Crippen LogP) is 0.663. The maximum Gasteiger partial charge on any atom is 0.489 e. The van der Waals surface area contributed by atoms with Crippen molar-refractivity contribution in [3.8, 4) is 11.5 Å². The quantitative estimate of drug-likeness (QED) is 0.419. The molecule has 0 heterocycles. The molecule has 0 atom stereocenters. The first-order valence-electron chi connectivity index (χ1n) is 8.60. The van der Waals surface area contributed by atoms with Crippen molar-refractivity contribution < 1.29 is 29.1 Å². The van der Waals surface area contributed by atoms with Gasteiger partial charge in [0, 0.05) is 6.54 Å². The van der Waals surface area contributed by atoms with Crippen molar-refractivity contribution in [3.63, 3.8) is 0 Å². The molecule has 3 N–H and O–H groups in total. The fourth-order valence-corrected chi connectivity index (χ4v) is 2.36. The van der Waals surface area contributed by atoms with E-state index in [-0.39, 0.29) is 29.3 Å². The van der Waals surface area contributed by atoms with Gasteiger partial charge in [-0.15, -0.1) is 0 Å². The Morgan fingerprint density at radius 1 is 1.15 bits per heavy atom. The summed E-state index contributed by atoms with van der Waals surface area (Å²) in [5.41, 5.74) is 0.933. The van der Waals surface area contributed by atoms with Crippen LogP contribution in [0.3, 0.4) is 0 Å². The minimum Gasteiger partial charge on any atom is -0.494 e. The van der Waals surface area contributed by atoms with Crippen molar-refractivity contribution in [1.82, 2.24) is 5.32 Å². The average molecular weight is 371 g/mol. The van der Waals surface area contributed by atoms with E-state index < -0.39 is 7.12 Å². The Balaban J connectivity index is 1.86. The molecule has 0 aliphatic rings. The van der Waals surface area contributed by atoms with Gasteiger partial charge < -0.3 is 24.8 Å². The molecule has 0 fully saturated rings. The lowest BCUT2D eigenvalue weighted by atomic mass is 9.77. The van der Waals surface area contributed by atoms with Crippen LogP contribution in [-0.2, 0) is 11.3 Å². The molecule has 0 saturated carbocycles. The first-order chi connectivity index (χ1) is 13.0. The maximum atomic E-state index is 12.0. The number of hydrogen-bond acceptors (Lipinski definition) is 6. The molecule has 2 rings (SSSR count). The molecule has 0 aliphatic carbocycles. The zero-order valence-electron chi connectivity index (χ0n) is 15.1. The number of hydrogen-bond donors (Lipinski definition) is 3. The fourth-order valence-electron chi connectivity index (χ4n) is 2.36. The van der Waals surface area contributed by atoms with Crippen LogP contribution in [0.5, 0.6) is 11.5 Å². The molecule has 0 saturated heterocycles. The predicted molar refractivity (Wildman–Crippen MR) is 101 cm³/mol. The molecule has 2 aromatic carbocycles. The number of carbonyl (C=O) groups excluding carboxylic acids is 2. The molecule has 27 heavy (non-hydrogen) atoms. The van der Waals surface area contributed by atoms with Crippen LogP contribution in [0, 0.1) is 0 Å². The highest BCUT2D eigenvalue weighted by atomic mass is 16.5. The second-order valence-electron chi connectivity index (χ2n) is 5.81. The minimum atomic E-state index is -1.80. The summed E-state index contributed by atoms with van der Waals surface area (Å²) < 4.78 is 10.8. The van der Waals surface area contributed by atoms with Crippen LogP contribution in [0.4, 0.5) is 0 Å². The lowest BCUT2D eigenvalue weighted by Crippen LogP contribution is -2.34. The van der Waals surface area contributed by atoms with Gasteiger partial charge in [0.2, 0.25) is 0 Å². The number of aldehydes is 1. The summed E-state index contributed by atoms with van der Waals surface area (Å²) >= 11 is 0. The van der Waals surface area contributed by atoms with Gasteiger partial charge in [-0.2, -0.15) is 0 Å². The summed E-state index contributed by atoms with van der Waals surface area (Å²) in [5, 5.41) is 21.3. The van der Waals surface area contributed by atoms with Crippen LogP contribution in [0.2, 0.25) is 0 Å². The molecule has 0 aliphatic heterocycles. The van der Waals surface area contributed by atoms with E-state index in [1.807, 2.05) is 31.2 Å². The summed E-state index contributed by atoms with van der Waals surface area (Å²) in [6.45, 7) is 2.71. The van der Waals surface area contributed by atoms with Gasteiger partial charge in [-0.1, -0.05) is 31.2 Å². The zero-order chi connectivity index (χ0) is 19.6. The van der Waals surface area contributed by atoms with E-state index in [9.17, 15) is 19.6 Å². The van der Waals surface area contributed by atoms with E-state index in [0.717, 1.165) is 17.7 Å². The van der Waals surface area contributed by atoms with Crippen molar-refractivity contribution in [2.24, 2.45) is 0 Å². The molecule has 0 bridgehead atoms. The molecule has 1 amide bonds. The van der Waals surface area contributed by atoms with E-state index in [1.165, 1.54) is 18.2 Å². The first-order valence-corrected chi connectivity index (χ1v) is 8.60. The minimum absolute atomic E-state index is 0.00275. The molecule has 2 aromatic rings. The summed E-state index contributed by atoms with van der Waals surface area (Å²) in [7, 11) is -1.80. The third-order valence-corrected chi connectivity index (χ3v) is 3.74. The number of carbonyl (C=O) groups is 2. The maximum absolute atomic E-state index is 12.0. The molecular formula is C19H22BNO6. The zero-order valence-corrected chi connectivity index (χ0v) is 15.1. The number of rotatable bonds is 10. The Bertz CT molecular complexity index is 763. The highest BCUT2D eigenvalue weighted by molar-refractivity contribution is 6.60. The van der Waals surface area contributed by atoms with Crippen LogP contribution >= 0.6 is 0 Å².